The van der Waals surface area contributed by atoms with Crippen molar-refractivity contribution in [1.29, 1.82) is 0 Å². The number of nitrogens with zero attached hydrogens (tertiary/aromatic N) is 1. The fraction of sp³-hybridized carbons (Fsp3) is 0.692. The summed E-state index contributed by atoms with van der Waals surface area (Å²) in [6.45, 7) is 0. The van der Waals surface area contributed by atoms with E-state index < -0.39 is 9.84 Å². The Balaban J connectivity index is 1.73. The highest BCUT2D eigenvalue weighted by atomic mass is 32.2. The molecule has 6 nitrogen and oxygen atoms in total. The number of fused-ring (bicyclic) bond motifs is 1. The van der Waals surface area contributed by atoms with Gasteiger partial charge in [0.2, 0.25) is 0 Å². The van der Waals surface area contributed by atoms with E-state index in [1.165, 1.54) is 6.42 Å². The number of amides is 1. The van der Waals surface area contributed by atoms with Crippen LogP contribution < -0.4 is 5.32 Å². The molecule has 1 unspecified atom stereocenters. The fourth-order valence-corrected chi connectivity index (χ4v) is 4.68. The zero-order valence-corrected chi connectivity index (χ0v) is 12.1. The number of nitrogens with one attached hydrogen (secondary N) is 2. The third-order valence-electron chi connectivity index (χ3n) is 4.09. The van der Waals surface area contributed by atoms with Crippen LogP contribution in [0.1, 0.15) is 47.4 Å². The molecule has 1 aromatic rings. The molecule has 0 aromatic carbocycles. The Bertz CT molecular complexity index is 621. The van der Waals surface area contributed by atoms with Crippen LogP contribution >= 0.6 is 0 Å². The Kier molecular flexibility index (Phi) is 3.54. The first-order valence-corrected chi connectivity index (χ1v) is 8.95. The first kappa shape index (κ1) is 13.6. The molecule has 7 heteroatoms. The van der Waals surface area contributed by atoms with Crippen molar-refractivity contribution >= 4 is 15.7 Å². The van der Waals surface area contributed by atoms with E-state index in [0.717, 1.165) is 36.9 Å². The lowest BCUT2D eigenvalue weighted by atomic mass is 10.1. The largest absolute Gasteiger partial charge is 0.347 e. The molecule has 1 aliphatic carbocycles. The summed E-state index contributed by atoms with van der Waals surface area (Å²) in [6.07, 6.45) is 5.68. The molecule has 1 atom stereocenters. The highest BCUT2D eigenvalue weighted by Gasteiger charge is 2.30. The van der Waals surface area contributed by atoms with Crippen molar-refractivity contribution < 1.29 is 13.2 Å². The van der Waals surface area contributed by atoms with E-state index >= 15 is 0 Å². The monoisotopic (exact) mass is 297 g/mol. The number of rotatable bonds is 2. The predicted molar refractivity (Wildman–Crippen MR) is 74.4 cm³/mol. The lowest BCUT2D eigenvalue weighted by Crippen LogP contribution is -2.36. The van der Waals surface area contributed by atoms with Gasteiger partial charge in [0.05, 0.1) is 11.5 Å². The number of sulfone groups is 1. The lowest BCUT2D eigenvalue weighted by Gasteiger charge is -2.10. The third-order valence-corrected chi connectivity index (χ3v) is 5.86. The number of carbonyl (C=O) groups is 1. The van der Waals surface area contributed by atoms with E-state index in [1.54, 1.807) is 0 Å². The van der Waals surface area contributed by atoms with E-state index in [4.69, 9.17) is 0 Å². The van der Waals surface area contributed by atoms with Crippen molar-refractivity contribution in [1.82, 2.24) is 15.5 Å². The molecule has 0 bridgehead atoms. The summed E-state index contributed by atoms with van der Waals surface area (Å²) in [5.41, 5.74) is 2.53. The predicted octanol–water partition coefficient (Wildman–Crippen LogP) is 0.595. The Labute approximate surface area is 118 Å². The van der Waals surface area contributed by atoms with Gasteiger partial charge in [-0.15, -0.1) is 0 Å². The molecule has 0 radical (unpaired) electrons. The minimum absolute atomic E-state index is 0.0470. The molecule has 1 aromatic heterocycles. The van der Waals surface area contributed by atoms with Crippen molar-refractivity contribution in [2.24, 2.45) is 0 Å². The highest BCUT2D eigenvalue weighted by molar-refractivity contribution is 7.91. The molecule has 2 heterocycles. The Morgan fingerprint density at radius 3 is 2.80 bits per heavy atom. The molecule has 1 amide bonds. The summed E-state index contributed by atoms with van der Waals surface area (Å²) in [5, 5.41) is 9.90. The van der Waals surface area contributed by atoms with Crippen molar-refractivity contribution in [3.8, 4) is 0 Å². The van der Waals surface area contributed by atoms with Gasteiger partial charge in [-0.2, -0.15) is 5.10 Å². The number of carbonyl (C=O) groups excluding carboxylic acids is 1. The Hall–Kier alpha value is -1.37. The summed E-state index contributed by atoms with van der Waals surface area (Å²) in [7, 11) is -2.98. The van der Waals surface area contributed by atoms with Gasteiger partial charge in [0.25, 0.3) is 5.91 Å². The van der Waals surface area contributed by atoms with Gasteiger partial charge in [0.15, 0.2) is 15.5 Å². The number of aryl methyl sites for hydroxylation is 1. The molecule has 110 valence electrons. The summed E-state index contributed by atoms with van der Waals surface area (Å²) in [6, 6.07) is -0.273. The quantitative estimate of drug-likeness (QED) is 0.782. The highest BCUT2D eigenvalue weighted by Crippen LogP contribution is 2.22. The first-order chi connectivity index (χ1) is 9.55. The SMILES string of the molecule is O=C(NC1CCS(=O)(=O)C1)c1n[nH]c2c1CCCCC2. The van der Waals surface area contributed by atoms with E-state index in [1.807, 2.05) is 0 Å². The molecule has 0 spiro atoms. The topological polar surface area (TPSA) is 91.9 Å². The summed E-state index contributed by atoms with van der Waals surface area (Å²) in [4.78, 5) is 12.3. The third kappa shape index (κ3) is 2.72. The van der Waals surface area contributed by atoms with Gasteiger partial charge in [-0.25, -0.2) is 8.42 Å². The van der Waals surface area contributed by atoms with Crippen LogP contribution in [-0.2, 0) is 22.7 Å². The van der Waals surface area contributed by atoms with Gasteiger partial charge >= 0.3 is 0 Å². The molecule has 2 N–H and O–H groups in total. The maximum Gasteiger partial charge on any atom is 0.272 e. The Morgan fingerprint density at radius 2 is 2.05 bits per heavy atom. The Morgan fingerprint density at radius 1 is 1.25 bits per heavy atom. The van der Waals surface area contributed by atoms with E-state index in [9.17, 15) is 13.2 Å². The molecular weight excluding hydrogens is 278 g/mol. The van der Waals surface area contributed by atoms with Crippen LogP contribution in [0.2, 0.25) is 0 Å². The van der Waals surface area contributed by atoms with Gasteiger partial charge in [0, 0.05) is 17.3 Å². The number of hydrogen-bond donors (Lipinski definition) is 2. The minimum atomic E-state index is -2.98. The molecule has 3 rings (SSSR count). The van der Waals surface area contributed by atoms with Crippen LogP contribution in [0.4, 0.5) is 0 Å². The zero-order chi connectivity index (χ0) is 14.2. The smallest absolute Gasteiger partial charge is 0.272 e. The van der Waals surface area contributed by atoms with E-state index in [-0.39, 0.29) is 23.5 Å². The average molecular weight is 297 g/mol. The van der Waals surface area contributed by atoms with Crippen LogP contribution in [0.5, 0.6) is 0 Å². The number of hydrogen-bond acceptors (Lipinski definition) is 4. The number of aromatic nitrogens is 2. The van der Waals surface area contributed by atoms with Crippen molar-refractivity contribution in [3.63, 3.8) is 0 Å². The van der Waals surface area contributed by atoms with Crippen molar-refractivity contribution in [3.05, 3.63) is 17.0 Å². The van der Waals surface area contributed by atoms with Gasteiger partial charge < -0.3 is 5.32 Å². The van der Waals surface area contributed by atoms with Crippen LogP contribution in [-0.4, -0.2) is 42.1 Å². The number of H-pyrrole nitrogens is 1. The summed E-state index contributed by atoms with van der Waals surface area (Å²) in [5.74, 6) is -0.0337. The van der Waals surface area contributed by atoms with Gasteiger partial charge in [0.1, 0.15) is 0 Å². The maximum atomic E-state index is 12.3. The van der Waals surface area contributed by atoms with Crippen LogP contribution in [0.15, 0.2) is 0 Å². The van der Waals surface area contributed by atoms with Gasteiger partial charge in [-0.05, 0) is 32.1 Å². The van der Waals surface area contributed by atoms with E-state index in [0.29, 0.717) is 12.1 Å². The minimum Gasteiger partial charge on any atom is -0.347 e. The maximum absolute atomic E-state index is 12.3. The average Bonchev–Trinajstić information content (AvgIpc) is 2.85. The lowest BCUT2D eigenvalue weighted by molar-refractivity contribution is 0.0935. The van der Waals surface area contributed by atoms with Crippen molar-refractivity contribution in [2.75, 3.05) is 11.5 Å². The zero-order valence-electron chi connectivity index (χ0n) is 11.3. The first-order valence-electron chi connectivity index (χ1n) is 7.12. The summed E-state index contributed by atoms with van der Waals surface area (Å²) < 4.78 is 22.8. The van der Waals surface area contributed by atoms with Crippen LogP contribution in [0.25, 0.3) is 0 Å². The van der Waals surface area contributed by atoms with Crippen LogP contribution in [0, 0.1) is 0 Å². The van der Waals surface area contributed by atoms with Gasteiger partial charge in [-0.3, -0.25) is 9.89 Å². The molecular formula is C13H19N3O3S. The fourth-order valence-electron chi connectivity index (χ4n) is 3.01. The van der Waals surface area contributed by atoms with Crippen molar-refractivity contribution in [2.45, 2.75) is 44.6 Å². The van der Waals surface area contributed by atoms with Crippen LogP contribution in [0.3, 0.4) is 0 Å². The molecule has 0 saturated carbocycles. The molecule has 1 aliphatic heterocycles. The van der Waals surface area contributed by atoms with Gasteiger partial charge in [-0.1, -0.05) is 6.42 Å². The molecule has 2 aliphatic rings. The second-order valence-corrected chi connectivity index (χ2v) is 7.89. The van der Waals surface area contributed by atoms with E-state index in [2.05, 4.69) is 15.5 Å². The second kappa shape index (κ2) is 5.20. The second-order valence-electron chi connectivity index (χ2n) is 5.66. The molecule has 1 fully saturated rings. The standard InChI is InChI=1S/C13H19N3O3S/c17-13(14-9-6-7-20(18,19)8-9)12-10-4-2-1-3-5-11(10)15-16-12/h9H,1-8H2,(H,14,17)(H,15,16). The molecule has 1 saturated heterocycles. The summed E-state index contributed by atoms with van der Waals surface area (Å²) >= 11 is 0. The molecule has 20 heavy (non-hydrogen) atoms. The number of aromatic amines is 1. The normalized spacial score (nSPS) is 24.9.